The van der Waals surface area contributed by atoms with E-state index < -0.39 is 12.8 Å². The molecule has 0 saturated heterocycles. The summed E-state index contributed by atoms with van der Waals surface area (Å²) in [5.74, 6) is -0.152. The van der Waals surface area contributed by atoms with Gasteiger partial charge in [0.05, 0.1) is 16.6 Å². The van der Waals surface area contributed by atoms with Crippen molar-refractivity contribution in [2.45, 2.75) is 6.18 Å². The van der Waals surface area contributed by atoms with Crippen molar-refractivity contribution in [2.24, 2.45) is 7.05 Å². The topological polar surface area (TPSA) is 61.4 Å². The highest BCUT2D eigenvalue weighted by Gasteiger charge is 2.28. The smallest absolute Gasteiger partial charge is 0.422 e. The fourth-order valence-corrected chi connectivity index (χ4v) is 2.86. The van der Waals surface area contributed by atoms with Crippen LogP contribution in [0.3, 0.4) is 0 Å². The monoisotopic (exact) mass is 374 g/mol. The van der Waals surface area contributed by atoms with E-state index in [9.17, 15) is 18.0 Å². The van der Waals surface area contributed by atoms with Crippen LogP contribution in [0.25, 0.3) is 27.8 Å². The van der Waals surface area contributed by atoms with Gasteiger partial charge in [-0.05, 0) is 18.2 Å². The van der Waals surface area contributed by atoms with Gasteiger partial charge in [0.15, 0.2) is 6.61 Å². The summed E-state index contributed by atoms with van der Waals surface area (Å²) in [4.78, 5) is 16.3. The van der Waals surface area contributed by atoms with E-state index >= 15 is 0 Å². The number of pyridine rings is 1. The Morgan fingerprint density at radius 2 is 1.93 bits per heavy atom. The van der Waals surface area contributed by atoms with Crippen LogP contribution in [0.4, 0.5) is 13.2 Å². The lowest BCUT2D eigenvalue weighted by Gasteiger charge is -2.08. The standard InChI is InChI=1S/C18H13F3N4O2/c1-24-16-9-13(11-6-7-22-15(8-11)27-10-18(19,20)21)23-25(16)14-5-3-2-4-12(14)17(24)26/h2-9H,10H2,1H3. The lowest BCUT2D eigenvalue weighted by molar-refractivity contribution is -0.154. The van der Waals surface area contributed by atoms with Crippen LogP contribution < -0.4 is 10.3 Å². The molecule has 1 aromatic carbocycles. The molecule has 0 aliphatic heterocycles. The summed E-state index contributed by atoms with van der Waals surface area (Å²) in [6.07, 6.45) is -3.10. The highest BCUT2D eigenvalue weighted by atomic mass is 19.4. The summed E-state index contributed by atoms with van der Waals surface area (Å²) in [6.45, 7) is -1.42. The summed E-state index contributed by atoms with van der Waals surface area (Å²) >= 11 is 0. The molecule has 0 saturated carbocycles. The Morgan fingerprint density at radius 1 is 1.15 bits per heavy atom. The predicted molar refractivity (Wildman–Crippen MR) is 92.7 cm³/mol. The Labute approximate surface area is 150 Å². The number of para-hydroxylation sites is 1. The number of aromatic nitrogens is 4. The first kappa shape index (κ1) is 17.1. The zero-order valence-electron chi connectivity index (χ0n) is 14.1. The highest BCUT2D eigenvalue weighted by molar-refractivity contribution is 5.81. The largest absolute Gasteiger partial charge is 0.468 e. The van der Waals surface area contributed by atoms with Gasteiger partial charge in [0.25, 0.3) is 5.56 Å². The van der Waals surface area contributed by atoms with Gasteiger partial charge in [-0.3, -0.25) is 9.36 Å². The van der Waals surface area contributed by atoms with Crippen LogP contribution in [0.15, 0.2) is 53.5 Å². The maximum Gasteiger partial charge on any atom is 0.422 e. The Balaban J connectivity index is 1.83. The molecule has 6 nitrogen and oxygen atoms in total. The summed E-state index contributed by atoms with van der Waals surface area (Å²) in [5, 5.41) is 5.03. The van der Waals surface area contributed by atoms with E-state index in [1.807, 2.05) is 0 Å². The molecule has 0 fully saturated rings. The zero-order valence-corrected chi connectivity index (χ0v) is 14.1. The van der Waals surface area contributed by atoms with Crippen molar-refractivity contribution in [3.8, 4) is 17.1 Å². The first-order valence-electron chi connectivity index (χ1n) is 7.97. The third-order valence-electron chi connectivity index (χ3n) is 4.12. The Hall–Kier alpha value is -3.36. The van der Waals surface area contributed by atoms with Gasteiger partial charge >= 0.3 is 6.18 Å². The van der Waals surface area contributed by atoms with Gasteiger partial charge in [0.2, 0.25) is 5.88 Å². The fourth-order valence-electron chi connectivity index (χ4n) is 2.86. The number of nitrogens with zero attached hydrogens (tertiary/aromatic N) is 4. The van der Waals surface area contributed by atoms with Gasteiger partial charge in [-0.1, -0.05) is 12.1 Å². The van der Waals surface area contributed by atoms with Crippen molar-refractivity contribution in [1.29, 1.82) is 0 Å². The number of ether oxygens (including phenoxy) is 1. The molecule has 27 heavy (non-hydrogen) atoms. The Morgan fingerprint density at radius 3 is 2.70 bits per heavy atom. The number of alkyl halides is 3. The summed E-state index contributed by atoms with van der Waals surface area (Å²) in [7, 11) is 1.64. The lowest BCUT2D eigenvalue weighted by atomic mass is 10.2. The summed E-state index contributed by atoms with van der Waals surface area (Å²) in [6, 6.07) is 11.8. The van der Waals surface area contributed by atoms with Crippen molar-refractivity contribution in [3.05, 3.63) is 59.0 Å². The number of fused-ring (bicyclic) bond motifs is 3. The van der Waals surface area contributed by atoms with Crippen molar-refractivity contribution in [3.63, 3.8) is 0 Å². The second kappa shape index (κ2) is 6.11. The molecular formula is C18H13F3N4O2. The lowest BCUT2D eigenvalue weighted by Crippen LogP contribution is -2.19. The SMILES string of the molecule is Cn1c(=O)c2ccccc2n2nc(-c3ccnc(OCC(F)(F)F)c3)cc12. The maximum absolute atomic E-state index is 12.5. The normalized spacial score (nSPS) is 12.0. The average molecular weight is 374 g/mol. The summed E-state index contributed by atoms with van der Waals surface area (Å²) in [5.41, 5.74) is 2.06. The molecule has 0 amide bonds. The van der Waals surface area contributed by atoms with Gasteiger partial charge in [0.1, 0.15) is 5.65 Å². The fraction of sp³-hybridized carbons (Fsp3) is 0.167. The third kappa shape index (κ3) is 3.12. The number of rotatable bonds is 3. The molecule has 4 rings (SSSR count). The molecule has 0 radical (unpaired) electrons. The molecule has 0 aliphatic carbocycles. The van der Waals surface area contributed by atoms with E-state index in [1.54, 1.807) is 48.0 Å². The molecule has 0 spiro atoms. The van der Waals surface area contributed by atoms with E-state index in [1.165, 1.54) is 16.8 Å². The van der Waals surface area contributed by atoms with Gasteiger partial charge in [0, 0.05) is 30.9 Å². The van der Waals surface area contributed by atoms with Gasteiger partial charge in [-0.2, -0.15) is 18.3 Å². The second-order valence-electron chi connectivity index (χ2n) is 5.97. The van der Waals surface area contributed by atoms with Crippen molar-refractivity contribution < 1.29 is 17.9 Å². The molecule has 0 bridgehead atoms. The number of halogens is 3. The van der Waals surface area contributed by atoms with Crippen LogP contribution in [0.1, 0.15) is 0 Å². The molecule has 138 valence electrons. The molecule has 0 unspecified atom stereocenters. The average Bonchev–Trinajstić information content (AvgIpc) is 3.10. The van der Waals surface area contributed by atoms with Crippen molar-refractivity contribution in [1.82, 2.24) is 19.2 Å². The van der Waals surface area contributed by atoms with E-state index in [0.29, 0.717) is 27.8 Å². The molecule has 0 N–H and O–H groups in total. The molecule has 0 aliphatic rings. The van der Waals surface area contributed by atoms with Crippen LogP contribution >= 0.6 is 0 Å². The molecular weight excluding hydrogens is 361 g/mol. The molecule has 3 heterocycles. The number of aryl methyl sites for hydroxylation is 1. The van der Waals surface area contributed by atoms with Crippen molar-refractivity contribution >= 4 is 16.6 Å². The van der Waals surface area contributed by atoms with Crippen LogP contribution in [-0.4, -0.2) is 31.9 Å². The second-order valence-corrected chi connectivity index (χ2v) is 5.97. The minimum Gasteiger partial charge on any atom is -0.468 e. The van der Waals surface area contributed by atoms with E-state index in [2.05, 4.69) is 10.1 Å². The zero-order chi connectivity index (χ0) is 19.2. The van der Waals surface area contributed by atoms with Gasteiger partial charge in [-0.25, -0.2) is 9.50 Å². The minimum absolute atomic E-state index is 0.152. The van der Waals surface area contributed by atoms with Crippen molar-refractivity contribution in [2.75, 3.05) is 6.61 Å². The van der Waals surface area contributed by atoms with Gasteiger partial charge in [-0.15, -0.1) is 0 Å². The molecule has 4 aromatic rings. The summed E-state index contributed by atoms with van der Waals surface area (Å²) < 4.78 is 44.8. The Kier molecular flexibility index (Phi) is 3.87. The van der Waals surface area contributed by atoms with Crippen LogP contribution in [0.5, 0.6) is 5.88 Å². The van der Waals surface area contributed by atoms with E-state index in [0.717, 1.165) is 0 Å². The molecule has 3 aromatic heterocycles. The van der Waals surface area contributed by atoms with Crippen LogP contribution in [0.2, 0.25) is 0 Å². The first-order valence-corrected chi connectivity index (χ1v) is 7.97. The maximum atomic E-state index is 12.5. The molecule has 0 atom stereocenters. The molecule has 9 heteroatoms. The number of hydrogen-bond acceptors (Lipinski definition) is 4. The highest BCUT2D eigenvalue weighted by Crippen LogP contribution is 2.25. The first-order chi connectivity index (χ1) is 12.8. The van der Waals surface area contributed by atoms with Crippen LogP contribution in [0, 0.1) is 0 Å². The van der Waals surface area contributed by atoms with E-state index in [-0.39, 0.29) is 11.4 Å². The quantitative estimate of drug-likeness (QED) is 0.553. The number of hydrogen-bond donors (Lipinski definition) is 0. The predicted octanol–water partition coefficient (Wildman–Crippen LogP) is 3.19. The minimum atomic E-state index is -4.45. The van der Waals surface area contributed by atoms with Gasteiger partial charge < -0.3 is 4.74 Å². The third-order valence-corrected chi connectivity index (χ3v) is 4.12. The van der Waals surface area contributed by atoms with Crippen LogP contribution in [-0.2, 0) is 7.05 Å². The number of benzene rings is 1. The Bertz CT molecular complexity index is 1210. The van der Waals surface area contributed by atoms with E-state index in [4.69, 9.17) is 4.74 Å².